The van der Waals surface area contributed by atoms with Crippen molar-refractivity contribution in [3.8, 4) is 0 Å². The van der Waals surface area contributed by atoms with Crippen LogP contribution in [-0.4, -0.2) is 30.7 Å². The van der Waals surface area contributed by atoms with Crippen LogP contribution in [0.15, 0.2) is 65.8 Å². The molecule has 0 unspecified atom stereocenters. The second kappa shape index (κ2) is 8.91. The molecule has 0 bridgehead atoms. The Morgan fingerprint density at radius 3 is 2.59 bits per heavy atom. The predicted octanol–water partition coefficient (Wildman–Crippen LogP) is 3.12. The highest BCUT2D eigenvalue weighted by Crippen LogP contribution is 2.18. The lowest BCUT2D eigenvalue weighted by atomic mass is 10.2. The van der Waals surface area contributed by atoms with Gasteiger partial charge >= 0.3 is 0 Å². The van der Waals surface area contributed by atoms with Gasteiger partial charge in [0.25, 0.3) is 15.9 Å². The minimum atomic E-state index is -3.79. The van der Waals surface area contributed by atoms with Crippen LogP contribution in [-0.2, 0) is 16.6 Å². The summed E-state index contributed by atoms with van der Waals surface area (Å²) in [5, 5.41) is 7.02. The van der Waals surface area contributed by atoms with Crippen LogP contribution in [0.25, 0.3) is 0 Å². The van der Waals surface area contributed by atoms with Crippen molar-refractivity contribution in [3.63, 3.8) is 0 Å². The van der Waals surface area contributed by atoms with Crippen molar-refractivity contribution in [2.45, 2.75) is 31.7 Å². The van der Waals surface area contributed by atoms with Crippen molar-refractivity contribution in [3.05, 3.63) is 77.6 Å². The summed E-state index contributed by atoms with van der Waals surface area (Å²) in [6.07, 6.45) is 4.45. The number of aromatic nitrogens is 2. The molecular weight excluding hydrogens is 388 g/mol. The van der Waals surface area contributed by atoms with Gasteiger partial charge in [0.15, 0.2) is 0 Å². The third-order valence-electron chi connectivity index (χ3n) is 4.29. The molecule has 0 aliphatic rings. The summed E-state index contributed by atoms with van der Waals surface area (Å²) in [7, 11) is -3.79. The van der Waals surface area contributed by atoms with E-state index in [0.29, 0.717) is 24.3 Å². The number of hydrogen-bond acceptors (Lipinski definition) is 4. The number of amides is 1. The minimum Gasteiger partial charge on any atom is -0.352 e. The van der Waals surface area contributed by atoms with E-state index >= 15 is 0 Å². The lowest BCUT2D eigenvalue weighted by Crippen LogP contribution is -2.25. The van der Waals surface area contributed by atoms with Crippen molar-refractivity contribution in [2.24, 2.45) is 0 Å². The average Bonchev–Trinajstić information content (AvgIpc) is 3.10. The molecule has 0 aliphatic carbocycles. The molecule has 0 spiro atoms. The van der Waals surface area contributed by atoms with Crippen LogP contribution >= 0.6 is 0 Å². The summed E-state index contributed by atoms with van der Waals surface area (Å²) in [4.78, 5) is 12.4. The molecule has 29 heavy (non-hydrogen) atoms. The molecule has 1 aromatic heterocycles. The third kappa shape index (κ3) is 5.68. The highest BCUT2D eigenvalue weighted by atomic mass is 32.2. The fourth-order valence-electron chi connectivity index (χ4n) is 2.86. The van der Waals surface area contributed by atoms with E-state index in [2.05, 4.69) is 15.1 Å². The summed E-state index contributed by atoms with van der Waals surface area (Å²) in [6.45, 7) is 5.02. The third-order valence-corrected chi connectivity index (χ3v) is 5.67. The van der Waals surface area contributed by atoms with Gasteiger partial charge in [-0.1, -0.05) is 18.2 Å². The lowest BCUT2D eigenvalue weighted by molar-refractivity contribution is 0.0952. The monoisotopic (exact) mass is 412 g/mol. The lowest BCUT2D eigenvalue weighted by Gasteiger charge is -2.10. The highest BCUT2D eigenvalue weighted by Gasteiger charge is 2.16. The van der Waals surface area contributed by atoms with E-state index in [-0.39, 0.29) is 10.8 Å². The zero-order valence-electron chi connectivity index (χ0n) is 16.4. The average molecular weight is 413 g/mol. The van der Waals surface area contributed by atoms with Crippen LogP contribution in [0, 0.1) is 13.8 Å². The molecule has 7 nitrogen and oxygen atoms in total. The summed E-state index contributed by atoms with van der Waals surface area (Å²) in [6, 6.07) is 13.1. The summed E-state index contributed by atoms with van der Waals surface area (Å²) in [5.41, 5.74) is 2.82. The Labute approximate surface area is 170 Å². The van der Waals surface area contributed by atoms with Crippen molar-refractivity contribution in [2.75, 3.05) is 11.3 Å². The summed E-state index contributed by atoms with van der Waals surface area (Å²) in [5.74, 6) is -0.311. The van der Waals surface area contributed by atoms with Crippen LogP contribution in [0.2, 0.25) is 0 Å². The van der Waals surface area contributed by atoms with Gasteiger partial charge in [-0.3, -0.25) is 14.2 Å². The molecule has 2 aromatic carbocycles. The molecule has 1 amide bonds. The molecule has 8 heteroatoms. The normalized spacial score (nSPS) is 11.2. The number of benzene rings is 2. The van der Waals surface area contributed by atoms with Crippen molar-refractivity contribution in [1.29, 1.82) is 0 Å². The number of anilines is 1. The number of hydrogen-bond donors (Lipinski definition) is 2. The van der Waals surface area contributed by atoms with Crippen LogP contribution in [0.5, 0.6) is 0 Å². The van der Waals surface area contributed by atoms with Crippen LogP contribution < -0.4 is 10.0 Å². The molecule has 152 valence electrons. The van der Waals surface area contributed by atoms with E-state index in [4.69, 9.17) is 0 Å². The molecule has 0 saturated heterocycles. The molecule has 1 heterocycles. The van der Waals surface area contributed by atoms with Crippen LogP contribution in [0.3, 0.4) is 0 Å². The first kappa shape index (κ1) is 20.6. The Kier molecular flexibility index (Phi) is 6.33. The van der Waals surface area contributed by atoms with Crippen molar-refractivity contribution < 1.29 is 13.2 Å². The van der Waals surface area contributed by atoms with E-state index < -0.39 is 10.0 Å². The summed E-state index contributed by atoms with van der Waals surface area (Å²) < 4.78 is 29.7. The Bertz CT molecular complexity index is 1110. The van der Waals surface area contributed by atoms with E-state index in [9.17, 15) is 13.2 Å². The number of nitrogens with zero attached hydrogens (tertiary/aromatic N) is 2. The van der Waals surface area contributed by atoms with E-state index in [1.807, 2.05) is 30.8 Å². The molecule has 0 fully saturated rings. The topological polar surface area (TPSA) is 93.1 Å². The number of nitrogens with one attached hydrogen (secondary N) is 2. The fraction of sp³-hybridized carbons (Fsp3) is 0.238. The Morgan fingerprint density at radius 1 is 1.07 bits per heavy atom. The maximum atomic E-state index is 12.7. The number of sulfonamides is 1. The van der Waals surface area contributed by atoms with Crippen molar-refractivity contribution in [1.82, 2.24) is 15.1 Å². The van der Waals surface area contributed by atoms with Gasteiger partial charge in [0.2, 0.25) is 0 Å². The zero-order valence-corrected chi connectivity index (χ0v) is 17.2. The van der Waals surface area contributed by atoms with Gasteiger partial charge in [0.1, 0.15) is 0 Å². The minimum absolute atomic E-state index is 0.0404. The smallest absolute Gasteiger partial charge is 0.261 e. The van der Waals surface area contributed by atoms with Gasteiger partial charge in [0.05, 0.1) is 11.1 Å². The molecule has 3 aromatic rings. The van der Waals surface area contributed by atoms with Gasteiger partial charge in [0, 0.05) is 30.5 Å². The molecule has 0 atom stereocenters. The molecule has 0 aliphatic heterocycles. The number of carbonyl (C=O) groups is 1. The molecule has 0 saturated carbocycles. The van der Waals surface area contributed by atoms with E-state index in [1.54, 1.807) is 36.5 Å². The van der Waals surface area contributed by atoms with Gasteiger partial charge in [-0.15, -0.1) is 0 Å². The van der Waals surface area contributed by atoms with Gasteiger partial charge in [-0.2, -0.15) is 5.10 Å². The number of rotatable bonds is 8. The maximum Gasteiger partial charge on any atom is 0.261 e. The SMILES string of the molecule is Cc1cccc(NS(=O)(=O)c2cccc(C(=O)NCCCn3cc(C)cn3)c2)c1. The summed E-state index contributed by atoms with van der Waals surface area (Å²) >= 11 is 0. The first-order chi connectivity index (χ1) is 13.8. The highest BCUT2D eigenvalue weighted by molar-refractivity contribution is 7.92. The zero-order chi connectivity index (χ0) is 20.9. The van der Waals surface area contributed by atoms with Crippen LogP contribution in [0.1, 0.15) is 27.9 Å². The number of aryl methyl sites for hydroxylation is 3. The Morgan fingerprint density at radius 2 is 1.86 bits per heavy atom. The van der Waals surface area contributed by atoms with Crippen LogP contribution in [0.4, 0.5) is 5.69 Å². The maximum absolute atomic E-state index is 12.7. The Hall–Kier alpha value is -3.13. The van der Waals surface area contributed by atoms with E-state index in [0.717, 1.165) is 17.5 Å². The standard InChI is InChI=1S/C21H24N4O3S/c1-16-6-3-8-19(12-16)24-29(27,28)20-9-4-7-18(13-20)21(26)22-10-5-11-25-15-17(2)14-23-25/h3-4,6-9,12-15,24H,5,10-11H2,1-2H3,(H,22,26). The molecular formula is C21H24N4O3S. The molecule has 2 N–H and O–H groups in total. The molecule has 3 rings (SSSR count). The van der Waals surface area contributed by atoms with E-state index in [1.165, 1.54) is 12.1 Å². The Balaban J connectivity index is 1.61. The first-order valence-electron chi connectivity index (χ1n) is 9.30. The fourth-order valence-corrected chi connectivity index (χ4v) is 3.96. The number of carbonyl (C=O) groups excluding carboxylic acids is 1. The van der Waals surface area contributed by atoms with Crippen molar-refractivity contribution >= 4 is 21.6 Å². The quantitative estimate of drug-likeness (QED) is 0.556. The molecule has 0 radical (unpaired) electrons. The van der Waals surface area contributed by atoms with Gasteiger partial charge < -0.3 is 5.32 Å². The van der Waals surface area contributed by atoms with Gasteiger partial charge in [-0.05, 0) is 61.7 Å². The second-order valence-corrected chi connectivity index (χ2v) is 8.58. The van der Waals surface area contributed by atoms with Gasteiger partial charge in [-0.25, -0.2) is 8.42 Å². The first-order valence-corrected chi connectivity index (χ1v) is 10.8. The second-order valence-electron chi connectivity index (χ2n) is 6.89. The predicted molar refractivity (Wildman–Crippen MR) is 112 cm³/mol. The largest absolute Gasteiger partial charge is 0.352 e.